The first-order valence-corrected chi connectivity index (χ1v) is 14.3. The number of benzene rings is 4. The summed E-state index contributed by atoms with van der Waals surface area (Å²) in [5.41, 5.74) is 5.05. The quantitative estimate of drug-likeness (QED) is 0.216. The highest BCUT2D eigenvalue weighted by Crippen LogP contribution is 2.38. The Morgan fingerprint density at radius 2 is 1.59 bits per heavy atom. The van der Waals surface area contributed by atoms with Crippen molar-refractivity contribution >= 4 is 75.1 Å². The van der Waals surface area contributed by atoms with Gasteiger partial charge in [0.25, 0.3) is 11.8 Å². The summed E-state index contributed by atoms with van der Waals surface area (Å²) in [4.78, 5) is 32.8. The monoisotopic (exact) mass is 601 g/mol. The van der Waals surface area contributed by atoms with Crippen molar-refractivity contribution in [1.82, 2.24) is 0 Å². The van der Waals surface area contributed by atoms with Gasteiger partial charge in [0.2, 0.25) is 0 Å². The lowest BCUT2D eigenvalue weighted by Gasteiger charge is -2.16. The first-order chi connectivity index (χ1) is 19.7. The Balaban J connectivity index is 1.34. The number of thioether (sulfide) groups is 1. The maximum Gasteiger partial charge on any atom is 0.271 e. The first kappa shape index (κ1) is 28.5. The van der Waals surface area contributed by atoms with E-state index in [0.29, 0.717) is 37.1 Å². The molecule has 0 spiro atoms. The average molecular weight is 603 g/mol. The molecule has 5 rings (SSSR count). The Morgan fingerprint density at radius 1 is 0.927 bits per heavy atom. The standard InChI is InChI=1S/C32H25Cl2N3O3S/c1-20-3-10-25(11-4-20)36-32-37(26-14-5-21(2)6-15-26)31(39)29(41-32)18-22-7-16-28(27(34)17-22)40-19-30(38)35-24-12-8-23(33)9-13-24/h3-18H,19H2,1-2H3,(H,35,38)/b29-18-,36-32?. The van der Waals surface area contributed by atoms with E-state index in [1.165, 1.54) is 11.8 Å². The van der Waals surface area contributed by atoms with Crippen molar-refractivity contribution in [3.63, 3.8) is 0 Å². The normalized spacial score (nSPS) is 15.0. The van der Waals surface area contributed by atoms with Gasteiger partial charge in [-0.3, -0.25) is 14.5 Å². The maximum absolute atomic E-state index is 13.6. The fraction of sp³-hybridized carbons (Fsp3) is 0.0938. The van der Waals surface area contributed by atoms with Gasteiger partial charge >= 0.3 is 0 Å². The molecule has 9 heteroatoms. The zero-order chi connectivity index (χ0) is 28.9. The molecule has 0 unspecified atom stereocenters. The fourth-order valence-electron chi connectivity index (χ4n) is 3.95. The first-order valence-electron chi connectivity index (χ1n) is 12.7. The number of amides is 2. The van der Waals surface area contributed by atoms with Crippen LogP contribution in [0.25, 0.3) is 6.08 Å². The third kappa shape index (κ3) is 7.19. The molecule has 2 amide bonds. The van der Waals surface area contributed by atoms with Crippen molar-refractivity contribution in [2.75, 3.05) is 16.8 Å². The van der Waals surface area contributed by atoms with Crippen molar-refractivity contribution in [2.24, 2.45) is 4.99 Å². The lowest BCUT2D eigenvalue weighted by atomic mass is 10.2. The highest BCUT2D eigenvalue weighted by Gasteiger charge is 2.34. The summed E-state index contributed by atoms with van der Waals surface area (Å²) >= 11 is 13.7. The van der Waals surface area contributed by atoms with E-state index in [-0.39, 0.29) is 18.4 Å². The number of halogens is 2. The van der Waals surface area contributed by atoms with Crippen molar-refractivity contribution in [2.45, 2.75) is 13.8 Å². The highest BCUT2D eigenvalue weighted by atomic mass is 35.5. The summed E-state index contributed by atoms with van der Waals surface area (Å²) in [6, 6.07) is 27.5. The van der Waals surface area contributed by atoms with Gasteiger partial charge in [0.05, 0.1) is 21.3 Å². The highest BCUT2D eigenvalue weighted by molar-refractivity contribution is 8.19. The molecule has 41 heavy (non-hydrogen) atoms. The van der Waals surface area contributed by atoms with Gasteiger partial charge < -0.3 is 10.1 Å². The number of aryl methyl sites for hydroxylation is 2. The molecule has 1 saturated heterocycles. The Hall–Kier alpha value is -4.04. The molecule has 1 aliphatic heterocycles. The van der Waals surface area contributed by atoms with E-state index in [1.54, 1.807) is 53.4 Å². The van der Waals surface area contributed by atoms with Gasteiger partial charge in [-0.05, 0) is 97.9 Å². The molecule has 206 valence electrons. The van der Waals surface area contributed by atoms with Crippen LogP contribution in [0.1, 0.15) is 16.7 Å². The van der Waals surface area contributed by atoms with Crippen LogP contribution in [0.5, 0.6) is 5.75 Å². The molecule has 1 fully saturated rings. The van der Waals surface area contributed by atoms with Crippen LogP contribution < -0.4 is 15.0 Å². The number of aliphatic imine (C=N–C) groups is 1. The molecular weight excluding hydrogens is 577 g/mol. The summed E-state index contributed by atoms with van der Waals surface area (Å²) in [5.74, 6) is -0.160. The minimum atomic E-state index is -0.334. The predicted octanol–water partition coefficient (Wildman–Crippen LogP) is 8.44. The number of carbonyl (C=O) groups excluding carboxylic acids is 2. The van der Waals surface area contributed by atoms with Crippen LogP contribution in [0.3, 0.4) is 0 Å². The molecule has 4 aromatic carbocycles. The largest absolute Gasteiger partial charge is 0.482 e. The lowest BCUT2D eigenvalue weighted by molar-refractivity contribution is -0.118. The summed E-state index contributed by atoms with van der Waals surface area (Å²) in [5, 5.41) is 4.20. The number of hydrogen-bond donors (Lipinski definition) is 1. The van der Waals surface area contributed by atoms with Crippen molar-refractivity contribution in [3.8, 4) is 5.75 Å². The third-order valence-electron chi connectivity index (χ3n) is 6.10. The minimum Gasteiger partial charge on any atom is -0.482 e. The zero-order valence-electron chi connectivity index (χ0n) is 22.2. The third-order valence-corrected chi connectivity index (χ3v) is 7.61. The van der Waals surface area contributed by atoms with Gasteiger partial charge in [-0.15, -0.1) is 0 Å². The molecule has 1 N–H and O–H groups in total. The van der Waals surface area contributed by atoms with E-state index >= 15 is 0 Å². The van der Waals surface area contributed by atoms with Crippen molar-refractivity contribution in [3.05, 3.63) is 123 Å². The van der Waals surface area contributed by atoms with Gasteiger partial charge in [0.1, 0.15) is 5.75 Å². The van der Waals surface area contributed by atoms with Crippen LogP contribution in [-0.4, -0.2) is 23.6 Å². The molecule has 6 nitrogen and oxygen atoms in total. The molecule has 0 atom stereocenters. The Labute approximate surface area is 252 Å². The fourth-order valence-corrected chi connectivity index (χ4v) is 5.32. The second-order valence-electron chi connectivity index (χ2n) is 9.35. The van der Waals surface area contributed by atoms with E-state index < -0.39 is 0 Å². The predicted molar refractivity (Wildman–Crippen MR) is 170 cm³/mol. The number of nitrogens with one attached hydrogen (secondary N) is 1. The van der Waals surface area contributed by atoms with E-state index in [9.17, 15) is 9.59 Å². The van der Waals surface area contributed by atoms with Crippen molar-refractivity contribution < 1.29 is 14.3 Å². The van der Waals surface area contributed by atoms with E-state index in [2.05, 4.69) is 5.32 Å². The smallest absolute Gasteiger partial charge is 0.271 e. The van der Waals surface area contributed by atoms with Gasteiger partial charge in [-0.2, -0.15) is 0 Å². The van der Waals surface area contributed by atoms with Crippen LogP contribution in [-0.2, 0) is 9.59 Å². The van der Waals surface area contributed by atoms with E-state index in [1.807, 2.05) is 62.4 Å². The molecule has 1 aliphatic rings. The number of amidine groups is 1. The minimum absolute atomic E-state index is 0.181. The van der Waals surface area contributed by atoms with Gasteiger partial charge in [-0.25, -0.2) is 4.99 Å². The molecular formula is C32H25Cl2N3O3S. The summed E-state index contributed by atoms with van der Waals surface area (Å²) in [6.07, 6.45) is 1.77. The molecule has 0 bridgehead atoms. The zero-order valence-corrected chi connectivity index (χ0v) is 24.6. The maximum atomic E-state index is 13.6. The van der Waals surface area contributed by atoms with Crippen LogP contribution in [0, 0.1) is 13.8 Å². The molecule has 4 aromatic rings. The summed E-state index contributed by atoms with van der Waals surface area (Å²) < 4.78 is 5.63. The average Bonchev–Trinajstić information content (AvgIpc) is 3.25. The van der Waals surface area contributed by atoms with Gasteiger partial charge in [0, 0.05) is 10.7 Å². The Kier molecular flexibility index (Phi) is 8.78. The number of ether oxygens (including phenoxy) is 1. The van der Waals surface area contributed by atoms with Crippen LogP contribution in [0.4, 0.5) is 17.1 Å². The Morgan fingerprint density at radius 3 is 2.24 bits per heavy atom. The number of rotatable bonds is 7. The lowest BCUT2D eigenvalue weighted by Crippen LogP contribution is -2.28. The van der Waals surface area contributed by atoms with E-state index in [4.69, 9.17) is 32.9 Å². The number of hydrogen-bond acceptors (Lipinski definition) is 5. The number of anilines is 2. The van der Waals surface area contributed by atoms with Gasteiger partial charge in [-0.1, -0.05) is 64.7 Å². The molecule has 0 radical (unpaired) electrons. The SMILES string of the molecule is Cc1ccc(N=C2S/C(=C\c3ccc(OCC(=O)Nc4ccc(Cl)cc4)c(Cl)c3)C(=O)N2c2ccc(C)cc2)cc1. The number of nitrogens with zero attached hydrogens (tertiary/aromatic N) is 2. The second kappa shape index (κ2) is 12.6. The topological polar surface area (TPSA) is 71.0 Å². The van der Waals surface area contributed by atoms with Crippen LogP contribution >= 0.6 is 35.0 Å². The van der Waals surface area contributed by atoms with Crippen molar-refractivity contribution in [1.29, 1.82) is 0 Å². The molecule has 0 aromatic heterocycles. The second-order valence-corrected chi connectivity index (χ2v) is 11.2. The van der Waals surface area contributed by atoms with Crippen LogP contribution in [0.2, 0.25) is 10.0 Å². The molecule has 1 heterocycles. The molecule has 0 aliphatic carbocycles. The number of carbonyl (C=O) groups is 2. The molecule has 0 saturated carbocycles. The van der Waals surface area contributed by atoms with Gasteiger partial charge in [0.15, 0.2) is 11.8 Å². The Bertz CT molecular complexity index is 1650. The van der Waals surface area contributed by atoms with Crippen LogP contribution in [0.15, 0.2) is 101 Å². The summed E-state index contributed by atoms with van der Waals surface area (Å²) in [6.45, 7) is 3.80. The van der Waals surface area contributed by atoms with E-state index in [0.717, 1.165) is 22.5 Å². The summed E-state index contributed by atoms with van der Waals surface area (Å²) in [7, 11) is 0.